The number of carboxylic acids is 1. The largest absolute Gasteiger partial charge is 0.477 e. The van der Waals surface area contributed by atoms with Gasteiger partial charge in [0.2, 0.25) is 10.0 Å². The standard InChI is InChI=1S/C13H20N2O4S/c16-13(17)12-8-11(9-14-12)20(18,19)15-7-3-6-10-4-1-2-5-10/h8-10,14-15H,1-7H2,(H,16,17). The zero-order chi connectivity index (χ0) is 14.6. The number of rotatable bonds is 7. The van der Waals surface area contributed by atoms with Gasteiger partial charge in [0.15, 0.2) is 0 Å². The molecular weight excluding hydrogens is 280 g/mol. The number of aromatic carboxylic acids is 1. The van der Waals surface area contributed by atoms with Crippen LogP contribution in [0.3, 0.4) is 0 Å². The molecule has 0 saturated heterocycles. The number of aromatic nitrogens is 1. The van der Waals surface area contributed by atoms with Gasteiger partial charge in [0.05, 0.1) is 0 Å². The first-order valence-electron chi connectivity index (χ1n) is 6.90. The van der Waals surface area contributed by atoms with Crippen LogP contribution in [0.5, 0.6) is 0 Å². The summed E-state index contributed by atoms with van der Waals surface area (Å²) in [6.45, 7) is 0.395. The van der Waals surface area contributed by atoms with E-state index in [2.05, 4.69) is 9.71 Å². The summed E-state index contributed by atoms with van der Waals surface area (Å²) in [5.41, 5.74) is -0.128. The molecule has 0 radical (unpaired) electrons. The molecule has 112 valence electrons. The molecule has 1 aromatic rings. The highest BCUT2D eigenvalue weighted by Crippen LogP contribution is 2.28. The van der Waals surface area contributed by atoms with Gasteiger partial charge in [0, 0.05) is 12.7 Å². The Hall–Kier alpha value is -1.34. The van der Waals surface area contributed by atoms with E-state index in [1.54, 1.807) is 0 Å². The Morgan fingerprint density at radius 3 is 2.70 bits per heavy atom. The molecule has 1 saturated carbocycles. The third-order valence-corrected chi connectivity index (χ3v) is 5.19. The molecule has 0 amide bonds. The van der Waals surface area contributed by atoms with Crippen molar-refractivity contribution in [3.8, 4) is 0 Å². The molecule has 2 rings (SSSR count). The lowest BCUT2D eigenvalue weighted by Gasteiger charge is -2.09. The summed E-state index contributed by atoms with van der Waals surface area (Å²) in [5, 5.41) is 8.75. The van der Waals surface area contributed by atoms with Crippen LogP contribution in [0.25, 0.3) is 0 Å². The van der Waals surface area contributed by atoms with Crippen molar-refractivity contribution in [2.75, 3.05) is 6.54 Å². The molecule has 0 spiro atoms. The summed E-state index contributed by atoms with van der Waals surface area (Å²) in [4.78, 5) is 13.1. The first-order chi connectivity index (χ1) is 9.49. The average Bonchev–Trinajstić information content (AvgIpc) is 3.05. The molecule has 0 bridgehead atoms. The summed E-state index contributed by atoms with van der Waals surface area (Å²) in [6, 6.07) is 1.13. The Labute approximate surface area is 118 Å². The maximum absolute atomic E-state index is 11.9. The first kappa shape index (κ1) is 15.1. The number of H-pyrrole nitrogens is 1. The van der Waals surface area contributed by atoms with E-state index >= 15 is 0 Å². The van der Waals surface area contributed by atoms with Crippen LogP contribution < -0.4 is 4.72 Å². The Morgan fingerprint density at radius 1 is 1.40 bits per heavy atom. The normalized spacial score (nSPS) is 16.6. The van der Waals surface area contributed by atoms with Crippen LogP contribution in [0.2, 0.25) is 0 Å². The number of aromatic amines is 1. The van der Waals surface area contributed by atoms with Gasteiger partial charge in [-0.1, -0.05) is 25.7 Å². The van der Waals surface area contributed by atoms with Crippen LogP contribution in [0.15, 0.2) is 17.2 Å². The zero-order valence-electron chi connectivity index (χ0n) is 11.3. The number of nitrogens with one attached hydrogen (secondary N) is 2. The highest BCUT2D eigenvalue weighted by molar-refractivity contribution is 7.89. The first-order valence-corrected chi connectivity index (χ1v) is 8.39. The van der Waals surface area contributed by atoms with E-state index in [1.807, 2.05) is 0 Å². The minimum atomic E-state index is -3.61. The van der Waals surface area contributed by atoms with Crippen LogP contribution in [0.4, 0.5) is 0 Å². The smallest absolute Gasteiger partial charge is 0.352 e. The van der Waals surface area contributed by atoms with Crippen LogP contribution in [0, 0.1) is 5.92 Å². The molecule has 1 aliphatic rings. The monoisotopic (exact) mass is 300 g/mol. The van der Waals surface area contributed by atoms with Gasteiger partial charge in [-0.2, -0.15) is 0 Å². The quantitative estimate of drug-likeness (QED) is 0.670. The fraction of sp³-hybridized carbons (Fsp3) is 0.615. The van der Waals surface area contributed by atoms with Gasteiger partial charge in [0.25, 0.3) is 0 Å². The molecule has 0 atom stereocenters. The Balaban J connectivity index is 1.82. The molecule has 7 heteroatoms. The van der Waals surface area contributed by atoms with Crippen molar-refractivity contribution < 1.29 is 18.3 Å². The topological polar surface area (TPSA) is 99.3 Å². The molecule has 0 unspecified atom stereocenters. The number of sulfonamides is 1. The lowest BCUT2D eigenvalue weighted by molar-refractivity contribution is 0.0691. The summed E-state index contributed by atoms with van der Waals surface area (Å²) >= 11 is 0. The van der Waals surface area contributed by atoms with Crippen molar-refractivity contribution >= 4 is 16.0 Å². The second kappa shape index (κ2) is 6.41. The molecule has 1 aliphatic carbocycles. The van der Waals surface area contributed by atoms with Crippen LogP contribution in [-0.4, -0.2) is 31.0 Å². The summed E-state index contributed by atoms with van der Waals surface area (Å²) in [5.74, 6) is -0.432. The molecule has 1 heterocycles. The highest BCUT2D eigenvalue weighted by atomic mass is 32.2. The molecule has 1 fully saturated rings. The van der Waals surface area contributed by atoms with Gasteiger partial charge >= 0.3 is 5.97 Å². The van der Waals surface area contributed by atoms with Crippen LogP contribution in [-0.2, 0) is 10.0 Å². The van der Waals surface area contributed by atoms with Crippen molar-refractivity contribution in [1.29, 1.82) is 0 Å². The van der Waals surface area contributed by atoms with Gasteiger partial charge in [0.1, 0.15) is 10.6 Å². The predicted molar refractivity (Wildman–Crippen MR) is 74.1 cm³/mol. The summed E-state index contributed by atoms with van der Waals surface area (Å²) in [7, 11) is -3.61. The van der Waals surface area contributed by atoms with Gasteiger partial charge in [-0.3, -0.25) is 0 Å². The van der Waals surface area contributed by atoms with Crippen molar-refractivity contribution in [3.63, 3.8) is 0 Å². The fourth-order valence-electron chi connectivity index (χ4n) is 2.63. The number of carboxylic acid groups (broad SMARTS) is 1. The van der Waals surface area contributed by atoms with Gasteiger partial charge in [-0.25, -0.2) is 17.9 Å². The lowest BCUT2D eigenvalue weighted by Crippen LogP contribution is -2.24. The SMILES string of the molecule is O=C(O)c1cc(S(=O)(=O)NCCCC2CCCC2)c[nH]1. The van der Waals surface area contributed by atoms with E-state index in [0.29, 0.717) is 6.54 Å². The Bertz CT molecular complexity index is 559. The van der Waals surface area contributed by atoms with Gasteiger partial charge in [-0.05, 0) is 24.8 Å². The maximum atomic E-state index is 11.9. The van der Waals surface area contributed by atoms with E-state index in [1.165, 1.54) is 31.9 Å². The third kappa shape index (κ3) is 3.83. The highest BCUT2D eigenvalue weighted by Gasteiger charge is 2.18. The molecule has 20 heavy (non-hydrogen) atoms. The van der Waals surface area contributed by atoms with Crippen LogP contribution >= 0.6 is 0 Å². The minimum Gasteiger partial charge on any atom is -0.477 e. The second-order valence-corrected chi connectivity index (χ2v) is 7.01. The average molecular weight is 300 g/mol. The second-order valence-electron chi connectivity index (χ2n) is 5.24. The lowest BCUT2D eigenvalue weighted by atomic mass is 10.0. The molecular formula is C13H20N2O4S. The third-order valence-electron chi connectivity index (χ3n) is 3.75. The van der Waals surface area contributed by atoms with E-state index in [4.69, 9.17) is 5.11 Å². The Kier molecular flexibility index (Phi) is 4.82. The van der Waals surface area contributed by atoms with Crippen LogP contribution in [0.1, 0.15) is 49.0 Å². The van der Waals surface area contributed by atoms with Crippen molar-refractivity contribution in [2.45, 2.75) is 43.4 Å². The van der Waals surface area contributed by atoms with Crippen molar-refractivity contribution in [3.05, 3.63) is 18.0 Å². The van der Waals surface area contributed by atoms with Crippen molar-refractivity contribution in [2.24, 2.45) is 5.92 Å². The predicted octanol–water partition coefficient (Wildman–Crippen LogP) is 1.96. The molecule has 1 aromatic heterocycles. The summed E-state index contributed by atoms with van der Waals surface area (Å²) in [6.07, 6.45) is 8.16. The van der Waals surface area contributed by atoms with E-state index in [9.17, 15) is 13.2 Å². The van der Waals surface area contributed by atoms with Crippen molar-refractivity contribution in [1.82, 2.24) is 9.71 Å². The molecule has 0 aromatic carbocycles. The number of carbonyl (C=O) groups is 1. The van der Waals surface area contributed by atoms with Gasteiger partial charge < -0.3 is 10.1 Å². The van der Waals surface area contributed by atoms with E-state index < -0.39 is 16.0 Å². The Morgan fingerprint density at radius 2 is 2.10 bits per heavy atom. The molecule has 3 N–H and O–H groups in total. The number of hydrogen-bond donors (Lipinski definition) is 3. The molecule has 6 nitrogen and oxygen atoms in total. The number of hydrogen-bond acceptors (Lipinski definition) is 3. The minimum absolute atomic E-state index is 0.0317. The van der Waals surface area contributed by atoms with E-state index in [-0.39, 0.29) is 10.6 Å². The van der Waals surface area contributed by atoms with E-state index in [0.717, 1.165) is 24.8 Å². The summed E-state index contributed by atoms with van der Waals surface area (Å²) < 4.78 is 26.4. The van der Waals surface area contributed by atoms with Gasteiger partial charge in [-0.15, -0.1) is 0 Å². The molecule has 0 aliphatic heterocycles. The maximum Gasteiger partial charge on any atom is 0.352 e. The zero-order valence-corrected chi connectivity index (χ0v) is 12.1. The fourth-order valence-corrected chi connectivity index (χ4v) is 3.70.